The normalized spacial score (nSPS) is 13.8. The van der Waals surface area contributed by atoms with E-state index in [1.54, 1.807) is 10.9 Å². The number of nitrogens with zero attached hydrogens (tertiary/aromatic N) is 4. The fourth-order valence-corrected chi connectivity index (χ4v) is 3.57. The maximum Gasteiger partial charge on any atom is 0.263 e. The number of fused-ring (bicyclic) bond motifs is 1. The number of hydrogen-bond donors (Lipinski definition) is 1. The Bertz CT molecular complexity index is 1190. The number of aryl methyl sites for hydroxylation is 1. The van der Waals surface area contributed by atoms with Gasteiger partial charge in [-0.25, -0.2) is 4.68 Å². The van der Waals surface area contributed by atoms with Gasteiger partial charge in [0.25, 0.3) is 5.56 Å². The van der Waals surface area contributed by atoms with Gasteiger partial charge >= 0.3 is 0 Å². The molecule has 0 bridgehead atoms. The van der Waals surface area contributed by atoms with Gasteiger partial charge in [0.15, 0.2) is 5.65 Å². The van der Waals surface area contributed by atoms with Crippen LogP contribution in [0.1, 0.15) is 24.0 Å². The van der Waals surface area contributed by atoms with Crippen molar-refractivity contribution in [3.63, 3.8) is 0 Å². The van der Waals surface area contributed by atoms with Crippen LogP contribution in [0, 0.1) is 6.92 Å². The highest BCUT2D eigenvalue weighted by molar-refractivity contribution is 5.76. The predicted octanol–water partition coefficient (Wildman–Crippen LogP) is 3.59. The van der Waals surface area contributed by atoms with Gasteiger partial charge in [0.2, 0.25) is 5.95 Å². The Morgan fingerprint density at radius 1 is 1.14 bits per heavy atom. The van der Waals surface area contributed by atoms with Crippen molar-refractivity contribution in [1.29, 1.82) is 0 Å². The molecule has 0 unspecified atom stereocenters. The van der Waals surface area contributed by atoms with Crippen molar-refractivity contribution < 1.29 is 0 Å². The van der Waals surface area contributed by atoms with Crippen molar-refractivity contribution in [3.8, 4) is 5.69 Å². The number of nitrogens with one attached hydrogen (secondary N) is 1. The van der Waals surface area contributed by atoms with Gasteiger partial charge in [0.1, 0.15) is 5.39 Å². The van der Waals surface area contributed by atoms with Crippen molar-refractivity contribution in [3.05, 3.63) is 82.3 Å². The van der Waals surface area contributed by atoms with Crippen molar-refractivity contribution in [1.82, 2.24) is 19.7 Å². The standard InChI is InChI=1S/C22H21N5O/c1-15-6-5-7-16(12-15)14-26(17-10-11-17)22-24-20-19(21(28)25-22)13-23-27(20)18-8-3-2-4-9-18/h2-9,12-13,17H,10-11,14H2,1H3,(H,24,25,28). The molecule has 0 aliphatic heterocycles. The van der Waals surface area contributed by atoms with Crippen molar-refractivity contribution in [2.45, 2.75) is 32.4 Å². The molecule has 0 saturated heterocycles. The van der Waals surface area contributed by atoms with E-state index in [0.717, 1.165) is 25.1 Å². The number of anilines is 1. The lowest BCUT2D eigenvalue weighted by Gasteiger charge is -2.23. The molecule has 140 valence electrons. The van der Waals surface area contributed by atoms with E-state index < -0.39 is 0 Å². The first-order valence-electron chi connectivity index (χ1n) is 9.55. The summed E-state index contributed by atoms with van der Waals surface area (Å²) in [7, 11) is 0. The van der Waals surface area contributed by atoms with Gasteiger partial charge in [0, 0.05) is 12.6 Å². The van der Waals surface area contributed by atoms with Gasteiger partial charge < -0.3 is 4.90 Å². The summed E-state index contributed by atoms with van der Waals surface area (Å²) in [6.45, 7) is 2.82. The second-order valence-corrected chi connectivity index (χ2v) is 7.37. The van der Waals surface area contributed by atoms with Crippen LogP contribution in [0.3, 0.4) is 0 Å². The van der Waals surface area contributed by atoms with Crippen molar-refractivity contribution in [2.75, 3.05) is 4.90 Å². The van der Waals surface area contributed by atoms with Gasteiger partial charge in [-0.2, -0.15) is 10.1 Å². The Hall–Kier alpha value is -3.41. The number of benzene rings is 2. The molecule has 0 spiro atoms. The summed E-state index contributed by atoms with van der Waals surface area (Å²) in [6, 6.07) is 18.6. The molecule has 1 aliphatic carbocycles. The summed E-state index contributed by atoms with van der Waals surface area (Å²) in [4.78, 5) is 22.7. The number of aromatic amines is 1. The number of H-pyrrole nitrogens is 1. The fraction of sp³-hybridized carbons (Fsp3) is 0.227. The molecule has 5 rings (SSSR count). The lowest BCUT2D eigenvalue weighted by Crippen LogP contribution is -2.29. The van der Waals surface area contributed by atoms with E-state index in [4.69, 9.17) is 4.98 Å². The summed E-state index contributed by atoms with van der Waals surface area (Å²) >= 11 is 0. The van der Waals surface area contributed by atoms with E-state index in [9.17, 15) is 4.79 Å². The molecule has 6 nitrogen and oxygen atoms in total. The SMILES string of the molecule is Cc1cccc(CN(c2nc3c(cnn3-c3ccccc3)c(=O)[nH]2)C2CC2)c1. The van der Waals surface area contributed by atoms with Gasteiger partial charge in [-0.15, -0.1) is 0 Å². The summed E-state index contributed by atoms with van der Waals surface area (Å²) < 4.78 is 1.73. The molecule has 2 heterocycles. The second kappa shape index (κ2) is 6.64. The third-order valence-corrected chi connectivity index (χ3v) is 5.12. The van der Waals surface area contributed by atoms with Crippen LogP contribution >= 0.6 is 0 Å². The predicted molar refractivity (Wildman–Crippen MR) is 110 cm³/mol. The number of para-hydroxylation sites is 1. The van der Waals surface area contributed by atoms with Crippen LogP contribution in [0.4, 0.5) is 5.95 Å². The maximum atomic E-state index is 12.7. The molecule has 1 N–H and O–H groups in total. The highest BCUT2D eigenvalue weighted by Crippen LogP contribution is 2.31. The van der Waals surface area contributed by atoms with Crippen LogP contribution < -0.4 is 10.5 Å². The molecule has 1 saturated carbocycles. The molecule has 0 radical (unpaired) electrons. The molecule has 2 aromatic heterocycles. The van der Waals surface area contributed by atoms with Crippen LogP contribution in [0.15, 0.2) is 65.6 Å². The van der Waals surface area contributed by atoms with Crippen LogP contribution in [-0.2, 0) is 6.54 Å². The monoisotopic (exact) mass is 371 g/mol. The number of rotatable bonds is 5. The van der Waals surface area contributed by atoms with Crippen LogP contribution in [0.25, 0.3) is 16.7 Å². The summed E-state index contributed by atoms with van der Waals surface area (Å²) in [5, 5.41) is 4.90. The number of aromatic nitrogens is 4. The van der Waals surface area contributed by atoms with E-state index in [1.165, 1.54) is 11.1 Å². The average Bonchev–Trinajstić information content (AvgIpc) is 3.45. The molecule has 1 fully saturated rings. The first-order valence-corrected chi connectivity index (χ1v) is 9.55. The molecular weight excluding hydrogens is 350 g/mol. The molecule has 4 aromatic rings. The van der Waals surface area contributed by atoms with Crippen LogP contribution in [0.2, 0.25) is 0 Å². The van der Waals surface area contributed by atoms with Crippen molar-refractivity contribution >= 4 is 17.0 Å². The van der Waals surface area contributed by atoms with E-state index in [2.05, 4.69) is 46.2 Å². The zero-order chi connectivity index (χ0) is 19.1. The quantitative estimate of drug-likeness (QED) is 0.582. The van der Waals surface area contributed by atoms with Gasteiger partial charge in [-0.3, -0.25) is 9.78 Å². The Morgan fingerprint density at radius 2 is 1.96 bits per heavy atom. The molecule has 1 aliphatic rings. The topological polar surface area (TPSA) is 66.8 Å². The smallest absolute Gasteiger partial charge is 0.263 e. The van der Waals surface area contributed by atoms with Gasteiger partial charge in [-0.1, -0.05) is 48.0 Å². The Kier molecular flexibility index (Phi) is 3.97. The summed E-state index contributed by atoms with van der Waals surface area (Å²) in [5.41, 5.74) is 3.76. The molecular formula is C22H21N5O. The maximum absolute atomic E-state index is 12.7. The van der Waals surface area contributed by atoms with E-state index >= 15 is 0 Å². The van der Waals surface area contributed by atoms with Crippen molar-refractivity contribution in [2.24, 2.45) is 0 Å². The average molecular weight is 371 g/mol. The van der Waals surface area contributed by atoms with Crippen LogP contribution in [-0.4, -0.2) is 25.8 Å². The summed E-state index contributed by atoms with van der Waals surface area (Å²) in [6.07, 6.45) is 3.82. The minimum atomic E-state index is -0.155. The molecule has 6 heteroatoms. The zero-order valence-corrected chi connectivity index (χ0v) is 15.7. The van der Waals surface area contributed by atoms with E-state index in [-0.39, 0.29) is 5.56 Å². The molecule has 28 heavy (non-hydrogen) atoms. The highest BCUT2D eigenvalue weighted by atomic mass is 16.1. The molecule has 2 aromatic carbocycles. The first-order chi connectivity index (χ1) is 13.7. The number of hydrogen-bond acceptors (Lipinski definition) is 4. The third-order valence-electron chi connectivity index (χ3n) is 5.12. The first kappa shape index (κ1) is 16.7. The Morgan fingerprint density at radius 3 is 2.71 bits per heavy atom. The van der Waals surface area contributed by atoms with Gasteiger partial charge in [-0.05, 0) is 37.5 Å². The molecule has 0 atom stereocenters. The lowest BCUT2D eigenvalue weighted by atomic mass is 10.1. The fourth-order valence-electron chi connectivity index (χ4n) is 3.57. The second-order valence-electron chi connectivity index (χ2n) is 7.37. The minimum absolute atomic E-state index is 0.155. The minimum Gasteiger partial charge on any atom is -0.335 e. The summed E-state index contributed by atoms with van der Waals surface area (Å²) in [5.74, 6) is 0.610. The van der Waals surface area contributed by atoms with Crippen LogP contribution in [0.5, 0.6) is 0 Å². The van der Waals surface area contributed by atoms with E-state index in [0.29, 0.717) is 23.0 Å². The Labute approximate surface area is 162 Å². The largest absolute Gasteiger partial charge is 0.335 e. The Balaban J connectivity index is 1.60. The van der Waals surface area contributed by atoms with E-state index in [1.807, 2.05) is 30.3 Å². The lowest BCUT2D eigenvalue weighted by molar-refractivity contribution is 0.756. The third kappa shape index (κ3) is 3.07. The molecule has 0 amide bonds. The zero-order valence-electron chi connectivity index (χ0n) is 15.7. The highest BCUT2D eigenvalue weighted by Gasteiger charge is 2.31. The van der Waals surface area contributed by atoms with Gasteiger partial charge in [0.05, 0.1) is 11.9 Å².